The van der Waals surface area contributed by atoms with Crippen molar-refractivity contribution in [2.45, 2.75) is 26.8 Å². The number of rotatable bonds is 3. The number of hydrogen-bond acceptors (Lipinski definition) is 3. The van der Waals surface area contributed by atoms with Crippen LogP contribution in [-0.2, 0) is 0 Å². The topological polar surface area (TPSA) is 51.2 Å². The smallest absolute Gasteiger partial charge is 0.126 e. The van der Waals surface area contributed by atoms with Crippen molar-refractivity contribution < 1.29 is 8.81 Å². The second kappa shape index (κ2) is 4.92. The molecule has 2 aromatic rings. The molecule has 2 rings (SSSR count). The molecule has 3 N–H and O–H groups in total. The Kier molecular flexibility index (Phi) is 3.50. The van der Waals surface area contributed by atoms with Gasteiger partial charge in [0.2, 0.25) is 0 Å². The van der Waals surface area contributed by atoms with Crippen LogP contribution in [0.4, 0.5) is 4.39 Å². The Balaban J connectivity index is 2.45. The molecule has 0 bridgehead atoms. The average molecular weight is 248 g/mol. The molecule has 18 heavy (non-hydrogen) atoms. The highest BCUT2D eigenvalue weighted by atomic mass is 19.1. The zero-order chi connectivity index (χ0) is 13.3. The SMILES string of the molecule is Cc1cc(C(NN)c2ccc(F)c(C)c2)c(C)o1. The molecule has 0 saturated carbocycles. The molecule has 0 aliphatic heterocycles. The lowest BCUT2D eigenvalue weighted by Crippen LogP contribution is -2.29. The summed E-state index contributed by atoms with van der Waals surface area (Å²) in [6.45, 7) is 5.52. The van der Waals surface area contributed by atoms with Crippen molar-refractivity contribution in [1.29, 1.82) is 0 Å². The highest BCUT2D eigenvalue weighted by Crippen LogP contribution is 2.27. The Bertz CT molecular complexity index is 563. The summed E-state index contributed by atoms with van der Waals surface area (Å²) in [6, 6.07) is 6.73. The fourth-order valence-electron chi connectivity index (χ4n) is 2.15. The van der Waals surface area contributed by atoms with Crippen LogP contribution in [0.5, 0.6) is 0 Å². The maximum atomic E-state index is 13.3. The van der Waals surface area contributed by atoms with E-state index < -0.39 is 0 Å². The third-order valence-corrected chi connectivity index (χ3v) is 3.07. The van der Waals surface area contributed by atoms with Gasteiger partial charge in [0.25, 0.3) is 0 Å². The normalized spacial score (nSPS) is 12.7. The van der Waals surface area contributed by atoms with E-state index in [4.69, 9.17) is 10.3 Å². The predicted octanol–water partition coefficient (Wildman–Crippen LogP) is 2.90. The zero-order valence-corrected chi connectivity index (χ0v) is 10.8. The van der Waals surface area contributed by atoms with Crippen molar-refractivity contribution in [2.24, 2.45) is 5.84 Å². The summed E-state index contributed by atoms with van der Waals surface area (Å²) in [4.78, 5) is 0. The first-order valence-electron chi connectivity index (χ1n) is 5.82. The molecule has 0 aliphatic rings. The van der Waals surface area contributed by atoms with E-state index in [9.17, 15) is 4.39 Å². The van der Waals surface area contributed by atoms with Gasteiger partial charge in [0, 0.05) is 5.56 Å². The van der Waals surface area contributed by atoms with Crippen LogP contribution in [0.1, 0.15) is 34.3 Å². The predicted molar refractivity (Wildman–Crippen MR) is 68.5 cm³/mol. The standard InChI is InChI=1S/C14H17FN2O/c1-8-6-11(4-5-13(8)15)14(17-16)12-7-9(2)18-10(12)3/h4-7,14,17H,16H2,1-3H3. The highest BCUT2D eigenvalue weighted by Gasteiger charge is 2.18. The minimum absolute atomic E-state index is 0.193. The number of benzene rings is 1. The molecule has 1 unspecified atom stereocenters. The van der Waals surface area contributed by atoms with Crippen molar-refractivity contribution in [3.05, 3.63) is 58.3 Å². The monoisotopic (exact) mass is 248 g/mol. The molecular weight excluding hydrogens is 231 g/mol. The molecule has 0 amide bonds. The van der Waals surface area contributed by atoms with Crippen LogP contribution < -0.4 is 11.3 Å². The molecule has 96 valence electrons. The van der Waals surface area contributed by atoms with Gasteiger partial charge < -0.3 is 4.42 Å². The van der Waals surface area contributed by atoms with Gasteiger partial charge in [-0.2, -0.15) is 0 Å². The van der Waals surface area contributed by atoms with Gasteiger partial charge in [-0.15, -0.1) is 0 Å². The molecule has 0 aliphatic carbocycles. The largest absolute Gasteiger partial charge is 0.466 e. The van der Waals surface area contributed by atoms with Gasteiger partial charge in [0.1, 0.15) is 17.3 Å². The fourth-order valence-corrected chi connectivity index (χ4v) is 2.15. The third-order valence-electron chi connectivity index (χ3n) is 3.07. The number of nitrogens with one attached hydrogen (secondary N) is 1. The minimum Gasteiger partial charge on any atom is -0.466 e. The number of halogens is 1. The van der Waals surface area contributed by atoms with Gasteiger partial charge in [0.05, 0.1) is 6.04 Å². The summed E-state index contributed by atoms with van der Waals surface area (Å²) in [5, 5.41) is 0. The second-order valence-electron chi connectivity index (χ2n) is 4.48. The molecule has 0 saturated heterocycles. The van der Waals surface area contributed by atoms with Crippen LogP contribution in [0.15, 0.2) is 28.7 Å². The highest BCUT2D eigenvalue weighted by molar-refractivity contribution is 5.36. The first-order chi connectivity index (χ1) is 8.52. The van der Waals surface area contributed by atoms with Crippen LogP contribution in [0, 0.1) is 26.6 Å². The van der Waals surface area contributed by atoms with Crippen LogP contribution in [0.25, 0.3) is 0 Å². The van der Waals surface area contributed by atoms with E-state index in [0.717, 1.165) is 22.6 Å². The Labute approximate surface area is 106 Å². The van der Waals surface area contributed by atoms with Gasteiger partial charge in [0.15, 0.2) is 0 Å². The van der Waals surface area contributed by atoms with Crippen LogP contribution in [0.3, 0.4) is 0 Å². The molecular formula is C14H17FN2O. The average Bonchev–Trinajstić information content (AvgIpc) is 2.64. The van der Waals surface area contributed by atoms with E-state index in [1.165, 1.54) is 6.07 Å². The summed E-state index contributed by atoms with van der Waals surface area (Å²) >= 11 is 0. The maximum Gasteiger partial charge on any atom is 0.126 e. The van der Waals surface area contributed by atoms with Crippen molar-refractivity contribution in [3.8, 4) is 0 Å². The Morgan fingerprint density at radius 1 is 1.22 bits per heavy atom. The van der Waals surface area contributed by atoms with E-state index in [1.54, 1.807) is 19.1 Å². The molecule has 1 heterocycles. The zero-order valence-electron chi connectivity index (χ0n) is 10.8. The summed E-state index contributed by atoms with van der Waals surface area (Å²) in [6.07, 6.45) is 0. The van der Waals surface area contributed by atoms with Crippen LogP contribution >= 0.6 is 0 Å². The van der Waals surface area contributed by atoms with Gasteiger partial charge in [-0.3, -0.25) is 5.84 Å². The van der Waals surface area contributed by atoms with E-state index >= 15 is 0 Å². The molecule has 1 aromatic carbocycles. The van der Waals surface area contributed by atoms with Gasteiger partial charge in [-0.1, -0.05) is 12.1 Å². The summed E-state index contributed by atoms with van der Waals surface area (Å²) in [7, 11) is 0. The number of aryl methyl sites for hydroxylation is 3. The number of furan rings is 1. The molecule has 0 spiro atoms. The van der Waals surface area contributed by atoms with E-state index in [1.807, 2.05) is 19.9 Å². The lowest BCUT2D eigenvalue weighted by molar-refractivity contribution is 0.495. The molecule has 0 fully saturated rings. The summed E-state index contributed by atoms with van der Waals surface area (Å²) < 4.78 is 18.8. The van der Waals surface area contributed by atoms with E-state index in [0.29, 0.717) is 5.56 Å². The molecule has 1 atom stereocenters. The van der Waals surface area contributed by atoms with Gasteiger partial charge in [-0.25, -0.2) is 9.82 Å². The Morgan fingerprint density at radius 3 is 2.44 bits per heavy atom. The molecule has 3 nitrogen and oxygen atoms in total. The lowest BCUT2D eigenvalue weighted by Gasteiger charge is -2.16. The number of hydrogen-bond donors (Lipinski definition) is 2. The van der Waals surface area contributed by atoms with E-state index in [-0.39, 0.29) is 11.9 Å². The van der Waals surface area contributed by atoms with Crippen LogP contribution in [0.2, 0.25) is 0 Å². The number of hydrazine groups is 1. The molecule has 1 aromatic heterocycles. The first kappa shape index (κ1) is 12.8. The molecule has 4 heteroatoms. The number of nitrogens with two attached hydrogens (primary N) is 1. The van der Waals surface area contributed by atoms with Crippen molar-refractivity contribution in [2.75, 3.05) is 0 Å². The van der Waals surface area contributed by atoms with Crippen molar-refractivity contribution >= 4 is 0 Å². The summed E-state index contributed by atoms with van der Waals surface area (Å²) in [5.74, 6) is 7.06. The summed E-state index contributed by atoms with van der Waals surface area (Å²) in [5.41, 5.74) is 5.25. The van der Waals surface area contributed by atoms with Crippen molar-refractivity contribution in [3.63, 3.8) is 0 Å². The Morgan fingerprint density at radius 2 is 1.94 bits per heavy atom. The second-order valence-corrected chi connectivity index (χ2v) is 4.48. The van der Waals surface area contributed by atoms with Crippen LogP contribution in [-0.4, -0.2) is 0 Å². The minimum atomic E-state index is -0.213. The van der Waals surface area contributed by atoms with E-state index in [2.05, 4.69) is 5.43 Å². The quantitative estimate of drug-likeness (QED) is 0.648. The fraction of sp³-hybridized carbons (Fsp3) is 0.286. The molecule has 0 radical (unpaired) electrons. The first-order valence-corrected chi connectivity index (χ1v) is 5.82. The third kappa shape index (κ3) is 2.30. The maximum absolute atomic E-state index is 13.3. The van der Waals surface area contributed by atoms with Crippen molar-refractivity contribution in [1.82, 2.24) is 5.43 Å². The Hall–Kier alpha value is -1.65. The van der Waals surface area contributed by atoms with Gasteiger partial charge in [-0.05, 0) is 44.0 Å². The lowest BCUT2D eigenvalue weighted by atomic mass is 9.98. The van der Waals surface area contributed by atoms with Gasteiger partial charge >= 0.3 is 0 Å².